The van der Waals surface area contributed by atoms with E-state index in [1.54, 1.807) is 0 Å². The van der Waals surface area contributed by atoms with Gasteiger partial charge in [0.05, 0.1) is 16.8 Å². The summed E-state index contributed by atoms with van der Waals surface area (Å²) in [7, 11) is 0. The maximum absolute atomic E-state index is 6.89. The lowest BCUT2D eigenvalue weighted by atomic mass is 9.68. The summed E-state index contributed by atoms with van der Waals surface area (Å²) >= 11 is 0. The van der Waals surface area contributed by atoms with Crippen molar-refractivity contribution in [2.24, 2.45) is 0 Å². The molecule has 0 bridgehead atoms. The van der Waals surface area contributed by atoms with Crippen LogP contribution in [-0.2, 0) is 16.2 Å². The predicted octanol–water partition coefficient (Wildman–Crippen LogP) is 22.3. The average molecular weight is 1070 g/mol. The fourth-order valence-electron chi connectivity index (χ4n) is 14.4. The van der Waals surface area contributed by atoms with Crippen LogP contribution in [0.5, 0.6) is 0 Å². The van der Waals surface area contributed by atoms with Crippen LogP contribution in [-0.4, -0.2) is 0 Å². The normalized spacial score (nSPS) is 13.4. The molecule has 0 saturated carbocycles. The summed E-state index contributed by atoms with van der Waals surface area (Å²) in [4.78, 5) is 4.75. The number of hydrogen-bond donors (Lipinski definition) is 0. The van der Waals surface area contributed by atoms with Gasteiger partial charge in [-0.1, -0.05) is 211 Å². The minimum absolute atomic E-state index is 0.0589. The summed E-state index contributed by atoms with van der Waals surface area (Å²) in [5.41, 5.74) is 24.4. The van der Waals surface area contributed by atoms with Crippen molar-refractivity contribution in [3.05, 3.63) is 275 Å². The standard InChI is InChI=1S/C79H62N2O2/c1-47-19-15-25-61-63-27-17-29-69(75(63)82-73(47)61)80(53-21-11-9-12-22-53)55-35-39-57-49(43-55)31-37-59-60-38-32-50-44-56(81(54-23-13-10-14-24-54)70-30-18-28-64-62-26-16-20-48(2)74(62)83-76(64)70)36-40-58(50)72(60)79(71(57)59)67-41-33-51(77(3,4)5)45-65(67)66-46-52(78(6,7)8)34-42-68(66)79/h9-46H,1-8H3. The van der Waals surface area contributed by atoms with Gasteiger partial charge in [-0.3, -0.25) is 0 Å². The van der Waals surface area contributed by atoms with E-state index in [-0.39, 0.29) is 10.8 Å². The van der Waals surface area contributed by atoms with E-state index in [9.17, 15) is 0 Å². The number of anilines is 6. The minimum atomic E-state index is -0.669. The predicted molar refractivity (Wildman–Crippen MR) is 349 cm³/mol. The minimum Gasteiger partial charge on any atom is -0.454 e. The van der Waals surface area contributed by atoms with Crippen LogP contribution in [0, 0.1) is 13.8 Å². The number of aryl methyl sites for hydroxylation is 2. The summed E-state index contributed by atoms with van der Waals surface area (Å²) in [5, 5.41) is 9.29. The molecule has 4 heteroatoms. The molecule has 0 unspecified atom stereocenters. The van der Waals surface area contributed by atoms with E-state index >= 15 is 0 Å². The van der Waals surface area contributed by atoms with Crippen molar-refractivity contribution in [1.29, 1.82) is 0 Å². The van der Waals surface area contributed by atoms with E-state index in [2.05, 4.69) is 296 Å². The first-order chi connectivity index (χ1) is 40.3. The number of para-hydroxylation sites is 6. The smallest absolute Gasteiger partial charge is 0.159 e. The van der Waals surface area contributed by atoms with Crippen molar-refractivity contribution < 1.29 is 8.83 Å². The number of nitrogens with zero attached hydrogens (tertiary/aromatic N) is 2. The van der Waals surface area contributed by atoms with Gasteiger partial charge in [0.25, 0.3) is 0 Å². The lowest BCUT2D eigenvalue weighted by Crippen LogP contribution is -2.27. The van der Waals surface area contributed by atoms with Gasteiger partial charge in [0.1, 0.15) is 11.2 Å². The molecule has 2 aliphatic rings. The monoisotopic (exact) mass is 1070 g/mol. The highest BCUT2D eigenvalue weighted by molar-refractivity contribution is 6.14. The van der Waals surface area contributed by atoms with Crippen LogP contribution in [0.2, 0.25) is 0 Å². The Hall–Kier alpha value is -9.64. The molecule has 0 N–H and O–H groups in total. The van der Waals surface area contributed by atoms with E-state index < -0.39 is 5.41 Å². The van der Waals surface area contributed by atoms with Gasteiger partial charge in [-0.25, -0.2) is 0 Å². The molecular weight excluding hydrogens is 1010 g/mol. The number of furan rings is 2. The quantitative estimate of drug-likeness (QED) is 0.166. The summed E-state index contributed by atoms with van der Waals surface area (Å²) < 4.78 is 13.8. The van der Waals surface area contributed by atoms with E-state index in [0.29, 0.717) is 0 Å². The van der Waals surface area contributed by atoms with E-state index in [1.807, 2.05) is 0 Å². The van der Waals surface area contributed by atoms with Crippen molar-refractivity contribution in [3.8, 4) is 22.3 Å². The highest BCUT2D eigenvalue weighted by Gasteiger charge is 2.54. The zero-order valence-electron chi connectivity index (χ0n) is 48.2. The van der Waals surface area contributed by atoms with E-state index in [4.69, 9.17) is 8.83 Å². The lowest BCUT2D eigenvalue weighted by molar-refractivity contribution is 0.589. The second kappa shape index (κ2) is 17.7. The van der Waals surface area contributed by atoms with Crippen molar-refractivity contribution in [2.45, 2.75) is 71.6 Å². The van der Waals surface area contributed by atoms with Gasteiger partial charge >= 0.3 is 0 Å². The van der Waals surface area contributed by atoms with Gasteiger partial charge in [0.15, 0.2) is 11.2 Å². The molecule has 2 aromatic heterocycles. The molecule has 14 aromatic rings. The maximum Gasteiger partial charge on any atom is 0.159 e. The molecule has 0 fully saturated rings. The highest BCUT2D eigenvalue weighted by atomic mass is 16.3. The SMILES string of the molecule is Cc1cccc2c1oc1c(N(c3ccccc3)c3ccc4c5c(ccc4c3)-c3ccc4cc(N(c6ccccc6)c6cccc7c6oc6c(C)cccc67)ccc4c3C53c4ccc(C(C)(C)C)cc4-c4cc(C(C)(C)C)ccc43)cccc12. The molecule has 1 spiro atoms. The zero-order valence-corrected chi connectivity index (χ0v) is 48.2. The lowest BCUT2D eigenvalue weighted by Gasteiger charge is -2.33. The fourth-order valence-corrected chi connectivity index (χ4v) is 14.4. The van der Waals surface area contributed by atoms with Gasteiger partial charge < -0.3 is 18.6 Å². The van der Waals surface area contributed by atoms with Crippen LogP contribution < -0.4 is 9.80 Å². The molecule has 2 heterocycles. The molecule has 16 rings (SSSR count). The number of rotatable bonds is 6. The Labute approximate surface area is 484 Å². The third-order valence-electron chi connectivity index (χ3n) is 18.3. The summed E-state index contributed by atoms with van der Waals surface area (Å²) in [6.45, 7) is 18.3. The zero-order chi connectivity index (χ0) is 56.3. The van der Waals surface area contributed by atoms with Gasteiger partial charge in [0, 0.05) is 44.3 Å². The molecule has 0 atom stereocenters. The Morgan fingerprint density at radius 1 is 0.313 bits per heavy atom. The van der Waals surface area contributed by atoms with Crippen molar-refractivity contribution in [2.75, 3.05) is 9.80 Å². The second-order valence-corrected chi connectivity index (χ2v) is 25.3. The third-order valence-corrected chi connectivity index (χ3v) is 18.3. The Morgan fingerprint density at radius 3 is 1.12 bits per heavy atom. The molecule has 400 valence electrons. The Morgan fingerprint density at radius 2 is 0.711 bits per heavy atom. The van der Waals surface area contributed by atoms with Gasteiger partial charge in [0.2, 0.25) is 0 Å². The Balaban J connectivity index is 0.958. The highest BCUT2D eigenvalue weighted by Crippen LogP contribution is 2.66. The van der Waals surface area contributed by atoms with Crippen molar-refractivity contribution in [1.82, 2.24) is 0 Å². The molecule has 0 aliphatic heterocycles. The summed E-state index contributed by atoms with van der Waals surface area (Å²) in [6, 6.07) is 86.2. The van der Waals surface area contributed by atoms with E-state index in [1.165, 1.54) is 77.2 Å². The first-order valence-electron chi connectivity index (χ1n) is 29.2. The average Bonchev–Trinajstić information content (AvgIpc) is 1.55. The van der Waals surface area contributed by atoms with Crippen LogP contribution in [0.3, 0.4) is 0 Å². The molecular formula is C79H62N2O2. The fraction of sp³-hybridized carbons (Fsp3) is 0.139. The largest absolute Gasteiger partial charge is 0.454 e. The third kappa shape index (κ3) is 7.12. The number of fused-ring (bicyclic) bond motifs is 20. The first kappa shape index (κ1) is 49.2. The summed E-state index contributed by atoms with van der Waals surface area (Å²) in [5.74, 6) is 0. The molecule has 2 aliphatic carbocycles. The van der Waals surface area contributed by atoms with Crippen molar-refractivity contribution >= 4 is 99.5 Å². The molecule has 4 nitrogen and oxygen atoms in total. The molecule has 12 aromatic carbocycles. The first-order valence-corrected chi connectivity index (χ1v) is 29.2. The van der Waals surface area contributed by atoms with Gasteiger partial charge in [-0.05, 0) is 174 Å². The van der Waals surface area contributed by atoms with E-state index in [0.717, 1.165) is 89.1 Å². The maximum atomic E-state index is 6.89. The molecule has 0 amide bonds. The van der Waals surface area contributed by atoms with Crippen LogP contribution in [0.15, 0.2) is 239 Å². The van der Waals surface area contributed by atoms with Crippen LogP contribution >= 0.6 is 0 Å². The topological polar surface area (TPSA) is 32.8 Å². The Bertz CT molecular complexity index is 4710. The second-order valence-electron chi connectivity index (χ2n) is 25.3. The van der Waals surface area contributed by atoms with Crippen LogP contribution in [0.25, 0.3) is 87.7 Å². The van der Waals surface area contributed by atoms with Gasteiger partial charge in [-0.15, -0.1) is 0 Å². The molecule has 83 heavy (non-hydrogen) atoms. The van der Waals surface area contributed by atoms with Gasteiger partial charge in [-0.2, -0.15) is 0 Å². The summed E-state index contributed by atoms with van der Waals surface area (Å²) in [6.07, 6.45) is 0. The Kier molecular flexibility index (Phi) is 10.5. The van der Waals surface area contributed by atoms with Crippen LogP contribution in [0.4, 0.5) is 34.1 Å². The molecule has 0 saturated heterocycles. The molecule has 0 radical (unpaired) electrons. The number of benzene rings is 12. The van der Waals surface area contributed by atoms with Crippen LogP contribution in [0.1, 0.15) is 86.1 Å². The number of hydrogen-bond acceptors (Lipinski definition) is 4. The van der Waals surface area contributed by atoms with Crippen molar-refractivity contribution in [3.63, 3.8) is 0 Å².